The van der Waals surface area contributed by atoms with Crippen LogP contribution in [0, 0.1) is 0 Å². The van der Waals surface area contributed by atoms with E-state index in [1.54, 1.807) is 0 Å². The Labute approximate surface area is 117 Å². The van der Waals surface area contributed by atoms with Gasteiger partial charge in [-0.3, -0.25) is 4.79 Å². The average molecular weight is 292 g/mol. The predicted molar refractivity (Wildman–Crippen MR) is 77.2 cm³/mol. The molecule has 0 bridgehead atoms. The Kier molecular flexibility index (Phi) is 3.25. The molecule has 1 amide bonds. The van der Waals surface area contributed by atoms with Crippen molar-refractivity contribution in [1.82, 2.24) is 10.3 Å². The van der Waals surface area contributed by atoms with Gasteiger partial charge in [0.05, 0.1) is 17.9 Å². The number of nitrogens with one attached hydrogen (secondary N) is 2. The van der Waals surface area contributed by atoms with Crippen molar-refractivity contribution >= 4 is 26.6 Å². The fourth-order valence-corrected chi connectivity index (χ4v) is 4.31. The molecule has 1 aliphatic heterocycles. The second-order valence-electron chi connectivity index (χ2n) is 5.20. The molecule has 2 heterocycles. The fraction of sp³-hybridized carbons (Fsp3) is 0.357. The number of fused-ring (bicyclic) bond motifs is 1. The van der Waals surface area contributed by atoms with Crippen LogP contribution in [-0.4, -0.2) is 36.9 Å². The Morgan fingerprint density at radius 2 is 2.15 bits per heavy atom. The highest BCUT2D eigenvalue weighted by Crippen LogP contribution is 2.18. The number of hydrogen-bond acceptors (Lipinski definition) is 3. The number of sulfone groups is 1. The second-order valence-corrected chi connectivity index (χ2v) is 7.43. The first-order chi connectivity index (χ1) is 9.53. The number of amides is 1. The fourth-order valence-electron chi connectivity index (χ4n) is 2.64. The molecule has 20 heavy (non-hydrogen) atoms. The van der Waals surface area contributed by atoms with E-state index in [9.17, 15) is 13.2 Å². The molecule has 1 unspecified atom stereocenters. The standard InChI is InChI=1S/C14H16N2O3S/c17-14(16-11-5-6-20(18,19)9-11)7-10-8-15-13-4-2-1-3-12(10)13/h1-4,8,11,15H,5-7,9H2,(H,16,17). The summed E-state index contributed by atoms with van der Waals surface area (Å²) in [6, 6.07) is 7.56. The summed E-state index contributed by atoms with van der Waals surface area (Å²) in [6.45, 7) is 0. The number of aromatic nitrogens is 1. The van der Waals surface area contributed by atoms with E-state index in [0.717, 1.165) is 16.5 Å². The SMILES string of the molecule is O=C(Cc1c[nH]c2ccccc12)NC1CCS(=O)(=O)C1. The third kappa shape index (κ3) is 2.70. The zero-order valence-electron chi connectivity index (χ0n) is 10.9. The number of rotatable bonds is 3. The zero-order chi connectivity index (χ0) is 14.2. The molecular formula is C14H16N2O3S. The first-order valence-electron chi connectivity index (χ1n) is 6.58. The molecule has 1 aromatic carbocycles. The molecule has 1 atom stereocenters. The lowest BCUT2D eigenvalue weighted by Crippen LogP contribution is -2.36. The minimum atomic E-state index is -2.96. The molecule has 106 valence electrons. The van der Waals surface area contributed by atoms with Gasteiger partial charge in [0.1, 0.15) is 0 Å². The number of carbonyl (C=O) groups excluding carboxylic acids is 1. The number of H-pyrrole nitrogens is 1. The molecule has 5 nitrogen and oxygen atoms in total. The maximum Gasteiger partial charge on any atom is 0.224 e. The number of carbonyl (C=O) groups is 1. The van der Waals surface area contributed by atoms with Crippen LogP contribution in [0.25, 0.3) is 10.9 Å². The molecule has 1 aliphatic rings. The van der Waals surface area contributed by atoms with Crippen molar-refractivity contribution in [2.24, 2.45) is 0 Å². The largest absolute Gasteiger partial charge is 0.361 e. The summed E-state index contributed by atoms with van der Waals surface area (Å²) in [5, 5.41) is 3.83. The smallest absolute Gasteiger partial charge is 0.224 e. The lowest BCUT2D eigenvalue weighted by molar-refractivity contribution is -0.120. The Balaban J connectivity index is 1.67. The monoisotopic (exact) mass is 292 g/mol. The van der Waals surface area contributed by atoms with Crippen LogP contribution in [0.2, 0.25) is 0 Å². The summed E-state index contributed by atoms with van der Waals surface area (Å²) in [7, 11) is -2.96. The predicted octanol–water partition coefficient (Wildman–Crippen LogP) is 1.01. The number of para-hydroxylation sites is 1. The van der Waals surface area contributed by atoms with Crippen molar-refractivity contribution in [2.45, 2.75) is 18.9 Å². The van der Waals surface area contributed by atoms with Gasteiger partial charge in [-0.2, -0.15) is 0 Å². The lowest BCUT2D eigenvalue weighted by atomic mass is 10.1. The van der Waals surface area contributed by atoms with E-state index in [1.807, 2.05) is 30.5 Å². The first kappa shape index (κ1) is 13.2. The van der Waals surface area contributed by atoms with Crippen LogP contribution in [0.5, 0.6) is 0 Å². The summed E-state index contributed by atoms with van der Waals surface area (Å²) in [5.74, 6) is 0.106. The highest BCUT2D eigenvalue weighted by Gasteiger charge is 2.28. The molecule has 6 heteroatoms. The second kappa shape index (κ2) is 4.94. The number of hydrogen-bond donors (Lipinski definition) is 2. The van der Waals surface area contributed by atoms with Crippen LogP contribution in [0.1, 0.15) is 12.0 Å². The number of aromatic amines is 1. The summed E-state index contributed by atoms with van der Waals surface area (Å²) < 4.78 is 22.7. The highest BCUT2D eigenvalue weighted by molar-refractivity contribution is 7.91. The van der Waals surface area contributed by atoms with E-state index in [2.05, 4.69) is 10.3 Å². The topological polar surface area (TPSA) is 79.0 Å². The molecular weight excluding hydrogens is 276 g/mol. The zero-order valence-corrected chi connectivity index (χ0v) is 11.7. The molecule has 2 N–H and O–H groups in total. The Bertz CT molecular complexity index is 749. The molecule has 1 fully saturated rings. The van der Waals surface area contributed by atoms with Gasteiger partial charge in [0.25, 0.3) is 0 Å². The van der Waals surface area contributed by atoms with Crippen LogP contribution in [0.15, 0.2) is 30.5 Å². The van der Waals surface area contributed by atoms with Gasteiger partial charge in [0.15, 0.2) is 9.84 Å². The molecule has 0 saturated carbocycles. The van der Waals surface area contributed by atoms with Crippen molar-refractivity contribution in [3.05, 3.63) is 36.0 Å². The molecule has 2 aromatic rings. The van der Waals surface area contributed by atoms with Crippen molar-refractivity contribution in [2.75, 3.05) is 11.5 Å². The quantitative estimate of drug-likeness (QED) is 0.886. The molecule has 1 saturated heterocycles. The third-order valence-corrected chi connectivity index (χ3v) is 5.39. The van der Waals surface area contributed by atoms with Gasteiger partial charge in [-0.05, 0) is 18.1 Å². The average Bonchev–Trinajstić information content (AvgIpc) is 2.94. The van der Waals surface area contributed by atoms with Gasteiger partial charge in [0.2, 0.25) is 5.91 Å². The molecule has 0 aliphatic carbocycles. The summed E-state index contributed by atoms with van der Waals surface area (Å²) in [4.78, 5) is 15.1. The van der Waals surface area contributed by atoms with Crippen molar-refractivity contribution in [3.63, 3.8) is 0 Å². The van der Waals surface area contributed by atoms with E-state index in [1.165, 1.54) is 0 Å². The Morgan fingerprint density at radius 1 is 1.35 bits per heavy atom. The van der Waals surface area contributed by atoms with Gasteiger partial charge in [-0.1, -0.05) is 18.2 Å². The maximum atomic E-state index is 12.0. The minimum Gasteiger partial charge on any atom is -0.361 e. The van der Waals surface area contributed by atoms with Crippen molar-refractivity contribution in [3.8, 4) is 0 Å². The normalized spacial score (nSPS) is 21.1. The van der Waals surface area contributed by atoms with Crippen molar-refractivity contribution < 1.29 is 13.2 Å². The van der Waals surface area contributed by atoms with Gasteiger partial charge in [0, 0.05) is 23.1 Å². The third-order valence-electron chi connectivity index (χ3n) is 3.62. The summed E-state index contributed by atoms with van der Waals surface area (Å²) >= 11 is 0. The van der Waals surface area contributed by atoms with E-state index < -0.39 is 9.84 Å². The van der Waals surface area contributed by atoms with Crippen LogP contribution in [-0.2, 0) is 21.1 Å². The summed E-state index contributed by atoms with van der Waals surface area (Å²) in [6.07, 6.45) is 2.61. The molecule has 3 rings (SSSR count). The van der Waals surface area contributed by atoms with Crippen LogP contribution in [0.4, 0.5) is 0 Å². The van der Waals surface area contributed by atoms with Gasteiger partial charge >= 0.3 is 0 Å². The Hall–Kier alpha value is -1.82. The number of benzene rings is 1. The minimum absolute atomic E-state index is 0.0621. The molecule has 0 radical (unpaired) electrons. The lowest BCUT2D eigenvalue weighted by Gasteiger charge is -2.10. The molecule has 0 spiro atoms. The van der Waals surface area contributed by atoms with Gasteiger partial charge in [-0.25, -0.2) is 8.42 Å². The van der Waals surface area contributed by atoms with E-state index in [0.29, 0.717) is 6.42 Å². The summed E-state index contributed by atoms with van der Waals surface area (Å²) in [5.41, 5.74) is 1.93. The van der Waals surface area contributed by atoms with E-state index >= 15 is 0 Å². The van der Waals surface area contributed by atoms with Crippen LogP contribution >= 0.6 is 0 Å². The van der Waals surface area contributed by atoms with Crippen molar-refractivity contribution in [1.29, 1.82) is 0 Å². The van der Waals surface area contributed by atoms with E-state index in [4.69, 9.17) is 0 Å². The van der Waals surface area contributed by atoms with Crippen LogP contribution in [0.3, 0.4) is 0 Å². The van der Waals surface area contributed by atoms with E-state index in [-0.39, 0.29) is 29.9 Å². The van der Waals surface area contributed by atoms with Crippen LogP contribution < -0.4 is 5.32 Å². The Morgan fingerprint density at radius 3 is 2.90 bits per heavy atom. The first-order valence-corrected chi connectivity index (χ1v) is 8.40. The van der Waals surface area contributed by atoms with Gasteiger partial charge in [-0.15, -0.1) is 0 Å². The highest BCUT2D eigenvalue weighted by atomic mass is 32.2. The van der Waals surface area contributed by atoms with Gasteiger partial charge < -0.3 is 10.3 Å². The maximum absolute atomic E-state index is 12.0. The molecule has 1 aromatic heterocycles.